The summed E-state index contributed by atoms with van der Waals surface area (Å²) in [4.78, 5) is 0. The quantitative estimate of drug-likeness (QED) is 0.723. The summed E-state index contributed by atoms with van der Waals surface area (Å²) in [6.07, 6.45) is 0. The molecule has 0 amide bonds. The Kier molecular flexibility index (Phi) is 2.73. The third kappa shape index (κ3) is 2.27. The van der Waals surface area contributed by atoms with Crippen molar-refractivity contribution in [3.8, 4) is 11.3 Å². The second-order valence-corrected chi connectivity index (χ2v) is 4.92. The van der Waals surface area contributed by atoms with Gasteiger partial charge in [-0.2, -0.15) is 10.2 Å². The molecule has 0 unspecified atom stereocenters. The molecule has 0 aliphatic heterocycles. The Labute approximate surface area is 96.4 Å². The molecular weight excluding hydrogens is 196 g/mol. The van der Waals surface area contributed by atoms with Gasteiger partial charge in [0.25, 0.3) is 0 Å². The third-order valence-corrected chi connectivity index (χ3v) is 2.50. The third-order valence-electron chi connectivity index (χ3n) is 2.50. The molecule has 0 N–H and O–H groups in total. The van der Waals surface area contributed by atoms with Gasteiger partial charge in [0, 0.05) is 11.0 Å². The summed E-state index contributed by atoms with van der Waals surface area (Å²) < 4.78 is 0. The van der Waals surface area contributed by atoms with E-state index in [4.69, 9.17) is 0 Å². The van der Waals surface area contributed by atoms with Crippen molar-refractivity contribution >= 4 is 0 Å². The number of aromatic nitrogens is 2. The smallest absolute Gasteiger partial charge is 0.0929 e. The van der Waals surface area contributed by atoms with Crippen molar-refractivity contribution in [1.82, 2.24) is 10.2 Å². The van der Waals surface area contributed by atoms with Crippen LogP contribution in [0.1, 0.15) is 26.5 Å². The van der Waals surface area contributed by atoms with Gasteiger partial charge < -0.3 is 0 Å². The SMILES string of the molecule is CC(C)(C)c1ccc(-c2ccccc2)nn1. The summed E-state index contributed by atoms with van der Waals surface area (Å²) in [6, 6.07) is 14.2. The first-order valence-corrected chi connectivity index (χ1v) is 5.47. The van der Waals surface area contributed by atoms with E-state index in [1.54, 1.807) is 0 Å². The molecule has 2 rings (SSSR count). The normalized spacial score (nSPS) is 11.4. The van der Waals surface area contributed by atoms with Gasteiger partial charge in [-0.25, -0.2) is 0 Å². The van der Waals surface area contributed by atoms with Crippen LogP contribution in [-0.4, -0.2) is 10.2 Å². The lowest BCUT2D eigenvalue weighted by Gasteiger charge is -2.16. The van der Waals surface area contributed by atoms with Gasteiger partial charge >= 0.3 is 0 Å². The molecule has 0 spiro atoms. The Morgan fingerprint density at radius 1 is 0.812 bits per heavy atom. The van der Waals surface area contributed by atoms with Gasteiger partial charge in [-0.1, -0.05) is 51.1 Å². The van der Waals surface area contributed by atoms with Crippen LogP contribution >= 0.6 is 0 Å². The Balaban J connectivity index is 2.34. The first-order chi connectivity index (χ1) is 7.57. The molecule has 82 valence electrons. The number of hydrogen-bond donors (Lipinski definition) is 0. The number of benzene rings is 1. The lowest BCUT2D eigenvalue weighted by molar-refractivity contribution is 0.559. The summed E-state index contributed by atoms with van der Waals surface area (Å²) in [7, 11) is 0. The van der Waals surface area contributed by atoms with Gasteiger partial charge in [-0.05, 0) is 12.1 Å². The average molecular weight is 212 g/mol. The van der Waals surface area contributed by atoms with Crippen LogP contribution in [0.4, 0.5) is 0 Å². The Bertz CT molecular complexity index is 452. The van der Waals surface area contributed by atoms with E-state index in [2.05, 4.69) is 37.0 Å². The fourth-order valence-corrected chi connectivity index (χ4v) is 1.50. The molecule has 1 aromatic heterocycles. The van der Waals surface area contributed by atoms with Gasteiger partial charge in [0.2, 0.25) is 0 Å². The summed E-state index contributed by atoms with van der Waals surface area (Å²) in [5.74, 6) is 0. The summed E-state index contributed by atoms with van der Waals surface area (Å²) in [6.45, 7) is 6.41. The van der Waals surface area contributed by atoms with Crippen molar-refractivity contribution in [1.29, 1.82) is 0 Å². The summed E-state index contributed by atoms with van der Waals surface area (Å²) in [5, 5.41) is 8.54. The highest BCUT2D eigenvalue weighted by Gasteiger charge is 2.15. The summed E-state index contributed by atoms with van der Waals surface area (Å²) >= 11 is 0. The van der Waals surface area contributed by atoms with Crippen LogP contribution in [0, 0.1) is 0 Å². The zero-order chi connectivity index (χ0) is 11.6. The average Bonchev–Trinajstić information content (AvgIpc) is 2.29. The second-order valence-electron chi connectivity index (χ2n) is 4.92. The minimum atomic E-state index is 0.0578. The van der Waals surface area contributed by atoms with E-state index in [1.807, 2.05) is 36.4 Å². The molecule has 1 heterocycles. The van der Waals surface area contributed by atoms with Crippen LogP contribution in [0.3, 0.4) is 0 Å². The monoisotopic (exact) mass is 212 g/mol. The molecule has 2 nitrogen and oxygen atoms in total. The van der Waals surface area contributed by atoms with E-state index in [0.29, 0.717) is 0 Å². The van der Waals surface area contributed by atoms with E-state index in [-0.39, 0.29) is 5.41 Å². The lowest BCUT2D eigenvalue weighted by Crippen LogP contribution is -2.14. The molecule has 0 aliphatic carbocycles. The van der Waals surface area contributed by atoms with Gasteiger partial charge in [-0.15, -0.1) is 0 Å². The molecule has 0 saturated carbocycles. The molecule has 0 atom stereocenters. The Hall–Kier alpha value is -1.70. The maximum absolute atomic E-state index is 4.28. The molecule has 0 radical (unpaired) electrons. The highest BCUT2D eigenvalue weighted by Crippen LogP contribution is 2.21. The minimum Gasteiger partial charge on any atom is -0.154 e. The van der Waals surface area contributed by atoms with Crippen molar-refractivity contribution in [3.63, 3.8) is 0 Å². The highest BCUT2D eigenvalue weighted by atomic mass is 15.1. The molecule has 2 aromatic rings. The van der Waals surface area contributed by atoms with Crippen LogP contribution in [0.25, 0.3) is 11.3 Å². The van der Waals surface area contributed by atoms with E-state index >= 15 is 0 Å². The maximum atomic E-state index is 4.28. The highest BCUT2D eigenvalue weighted by molar-refractivity contribution is 5.58. The zero-order valence-electron chi connectivity index (χ0n) is 9.94. The zero-order valence-corrected chi connectivity index (χ0v) is 9.94. The molecule has 0 bridgehead atoms. The van der Waals surface area contributed by atoms with Crippen molar-refractivity contribution in [2.24, 2.45) is 0 Å². The van der Waals surface area contributed by atoms with E-state index in [9.17, 15) is 0 Å². The molecule has 0 saturated heterocycles. The van der Waals surface area contributed by atoms with E-state index < -0.39 is 0 Å². The number of hydrogen-bond acceptors (Lipinski definition) is 2. The lowest BCUT2D eigenvalue weighted by atomic mass is 9.92. The van der Waals surface area contributed by atoms with Gasteiger partial charge in [0.05, 0.1) is 11.4 Å². The van der Waals surface area contributed by atoms with Crippen molar-refractivity contribution < 1.29 is 0 Å². The first-order valence-electron chi connectivity index (χ1n) is 5.47. The van der Waals surface area contributed by atoms with Crippen LogP contribution < -0.4 is 0 Å². The van der Waals surface area contributed by atoms with Crippen molar-refractivity contribution in [3.05, 3.63) is 48.2 Å². The van der Waals surface area contributed by atoms with Crippen LogP contribution in [0.2, 0.25) is 0 Å². The van der Waals surface area contributed by atoms with Crippen molar-refractivity contribution in [2.75, 3.05) is 0 Å². The van der Waals surface area contributed by atoms with Crippen LogP contribution in [0.15, 0.2) is 42.5 Å². The van der Waals surface area contributed by atoms with Crippen molar-refractivity contribution in [2.45, 2.75) is 26.2 Å². The van der Waals surface area contributed by atoms with Crippen LogP contribution in [0.5, 0.6) is 0 Å². The second kappa shape index (κ2) is 4.05. The van der Waals surface area contributed by atoms with E-state index in [1.165, 1.54) is 0 Å². The predicted octanol–water partition coefficient (Wildman–Crippen LogP) is 3.44. The van der Waals surface area contributed by atoms with E-state index in [0.717, 1.165) is 17.0 Å². The first kappa shape index (κ1) is 10.8. The minimum absolute atomic E-state index is 0.0578. The van der Waals surface area contributed by atoms with Gasteiger partial charge in [0.15, 0.2) is 0 Å². The number of nitrogens with zero attached hydrogens (tertiary/aromatic N) is 2. The Morgan fingerprint density at radius 3 is 2.00 bits per heavy atom. The molecule has 0 aliphatic rings. The number of rotatable bonds is 1. The fourth-order valence-electron chi connectivity index (χ4n) is 1.50. The molecule has 1 aromatic carbocycles. The molecule has 0 fully saturated rings. The van der Waals surface area contributed by atoms with Gasteiger partial charge in [0.1, 0.15) is 0 Å². The van der Waals surface area contributed by atoms with Gasteiger partial charge in [-0.3, -0.25) is 0 Å². The summed E-state index contributed by atoms with van der Waals surface area (Å²) in [5.41, 5.74) is 3.11. The van der Waals surface area contributed by atoms with Crippen LogP contribution in [-0.2, 0) is 5.41 Å². The largest absolute Gasteiger partial charge is 0.154 e. The molecule has 16 heavy (non-hydrogen) atoms. The maximum Gasteiger partial charge on any atom is 0.0929 e. The fraction of sp³-hybridized carbons (Fsp3) is 0.286. The predicted molar refractivity (Wildman–Crippen MR) is 66.2 cm³/mol. The molecule has 2 heteroatoms. The molecular formula is C14H16N2. The standard InChI is InChI=1S/C14H16N2/c1-14(2,3)13-10-9-12(15-16-13)11-7-5-4-6-8-11/h4-10H,1-3H3. The Morgan fingerprint density at radius 2 is 1.50 bits per heavy atom. The topological polar surface area (TPSA) is 25.8 Å².